The molecule has 3 aromatic carbocycles. The van der Waals surface area contributed by atoms with Crippen LogP contribution in [-0.4, -0.2) is 7.11 Å². The zero-order valence-electron chi connectivity index (χ0n) is 17.1. The molecule has 0 amide bonds. The maximum atomic E-state index is 6.57. The Labute approximate surface area is 192 Å². The summed E-state index contributed by atoms with van der Waals surface area (Å²) in [4.78, 5) is 0. The van der Waals surface area contributed by atoms with E-state index < -0.39 is 0 Å². The number of anilines is 1. The summed E-state index contributed by atoms with van der Waals surface area (Å²) in [5.41, 5.74) is 4.39. The van der Waals surface area contributed by atoms with Crippen LogP contribution < -0.4 is 14.8 Å². The lowest BCUT2D eigenvalue weighted by molar-refractivity contribution is 0.284. The molecule has 3 atom stereocenters. The van der Waals surface area contributed by atoms with E-state index in [1.807, 2.05) is 42.5 Å². The molecule has 158 valence electrons. The van der Waals surface area contributed by atoms with Gasteiger partial charge in [-0.25, -0.2) is 0 Å². The first kappa shape index (κ1) is 20.3. The van der Waals surface area contributed by atoms with Crippen LogP contribution in [-0.2, 0) is 6.61 Å². The Kier molecular flexibility index (Phi) is 5.56. The van der Waals surface area contributed by atoms with E-state index in [-0.39, 0.29) is 6.04 Å². The Morgan fingerprint density at radius 3 is 2.65 bits per heavy atom. The number of hydrogen-bond donors (Lipinski definition) is 1. The molecule has 1 aliphatic heterocycles. The molecule has 1 heterocycles. The number of hydrogen-bond acceptors (Lipinski definition) is 3. The van der Waals surface area contributed by atoms with Gasteiger partial charge < -0.3 is 14.8 Å². The minimum Gasteiger partial charge on any atom is -0.493 e. The third kappa shape index (κ3) is 3.77. The molecule has 5 heteroatoms. The van der Waals surface area contributed by atoms with Gasteiger partial charge in [0.1, 0.15) is 6.61 Å². The fourth-order valence-corrected chi connectivity index (χ4v) is 5.05. The highest BCUT2D eigenvalue weighted by Crippen LogP contribution is 2.53. The molecule has 5 rings (SSSR count). The van der Waals surface area contributed by atoms with E-state index in [2.05, 4.69) is 35.7 Å². The first-order valence-electron chi connectivity index (χ1n) is 10.4. The van der Waals surface area contributed by atoms with Crippen molar-refractivity contribution in [3.8, 4) is 11.5 Å². The van der Waals surface area contributed by atoms with E-state index in [1.54, 1.807) is 7.11 Å². The molecule has 0 radical (unpaired) electrons. The first-order chi connectivity index (χ1) is 15.2. The average Bonchev–Trinajstić information content (AvgIpc) is 3.30. The van der Waals surface area contributed by atoms with E-state index in [0.717, 1.165) is 34.7 Å². The van der Waals surface area contributed by atoms with Gasteiger partial charge in [-0.05, 0) is 47.2 Å². The van der Waals surface area contributed by atoms with Crippen LogP contribution in [0.3, 0.4) is 0 Å². The van der Waals surface area contributed by atoms with Crippen LogP contribution in [0.2, 0.25) is 10.0 Å². The molecule has 0 bridgehead atoms. The van der Waals surface area contributed by atoms with Gasteiger partial charge in [0, 0.05) is 5.92 Å². The quantitative estimate of drug-likeness (QED) is 0.409. The van der Waals surface area contributed by atoms with E-state index in [1.165, 1.54) is 5.56 Å². The van der Waals surface area contributed by atoms with Crippen LogP contribution in [0, 0.1) is 5.92 Å². The minimum absolute atomic E-state index is 0.0977. The van der Waals surface area contributed by atoms with E-state index in [0.29, 0.717) is 28.5 Å². The van der Waals surface area contributed by atoms with Gasteiger partial charge in [-0.3, -0.25) is 0 Å². The van der Waals surface area contributed by atoms with Crippen molar-refractivity contribution in [3.63, 3.8) is 0 Å². The molecule has 0 aromatic heterocycles. The Balaban J connectivity index is 1.45. The lowest BCUT2D eigenvalue weighted by Gasteiger charge is -2.38. The van der Waals surface area contributed by atoms with Crippen molar-refractivity contribution in [2.45, 2.75) is 25.0 Å². The summed E-state index contributed by atoms with van der Waals surface area (Å²) in [5.74, 6) is 2.18. The monoisotopic (exact) mass is 451 g/mol. The highest BCUT2D eigenvalue weighted by molar-refractivity contribution is 6.43. The molecule has 1 N–H and O–H groups in total. The molecule has 1 aliphatic carbocycles. The number of fused-ring (bicyclic) bond motifs is 3. The molecule has 0 spiro atoms. The number of nitrogens with one attached hydrogen (secondary N) is 1. The molecular formula is C26H23Cl2NO2. The van der Waals surface area contributed by atoms with Crippen LogP contribution in [0.4, 0.5) is 5.69 Å². The second-order valence-corrected chi connectivity index (χ2v) is 8.77. The highest BCUT2D eigenvalue weighted by Gasteiger charge is 2.39. The fraction of sp³-hybridized carbons (Fsp3) is 0.231. The lowest BCUT2D eigenvalue weighted by atomic mass is 9.77. The second-order valence-electron chi connectivity index (χ2n) is 7.99. The molecule has 0 unspecified atom stereocenters. The van der Waals surface area contributed by atoms with Crippen LogP contribution in [0.5, 0.6) is 11.5 Å². The number of allylic oxidation sites excluding steroid dienone is 2. The van der Waals surface area contributed by atoms with Gasteiger partial charge in [0.25, 0.3) is 0 Å². The molecular weight excluding hydrogens is 429 g/mol. The maximum absolute atomic E-state index is 6.57. The summed E-state index contributed by atoms with van der Waals surface area (Å²) < 4.78 is 11.7. The Morgan fingerprint density at radius 1 is 1.00 bits per heavy atom. The van der Waals surface area contributed by atoms with Crippen molar-refractivity contribution >= 4 is 28.9 Å². The Hall–Kier alpha value is -2.62. The van der Waals surface area contributed by atoms with E-state index >= 15 is 0 Å². The van der Waals surface area contributed by atoms with Crippen molar-refractivity contribution in [2.24, 2.45) is 5.92 Å². The molecule has 31 heavy (non-hydrogen) atoms. The fourth-order valence-electron chi connectivity index (χ4n) is 4.66. The normalized spacial score (nSPS) is 21.2. The average molecular weight is 452 g/mol. The lowest BCUT2D eigenvalue weighted by Crippen LogP contribution is -2.29. The van der Waals surface area contributed by atoms with Gasteiger partial charge >= 0.3 is 0 Å². The largest absolute Gasteiger partial charge is 0.493 e. The number of benzene rings is 3. The Bertz CT molecular complexity index is 1130. The van der Waals surface area contributed by atoms with Gasteiger partial charge in [0.15, 0.2) is 11.5 Å². The molecule has 3 nitrogen and oxygen atoms in total. The predicted molar refractivity (Wildman–Crippen MR) is 127 cm³/mol. The van der Waals surface area contributed by atoms with Crippen LogP contribution in [0.15, 0.2) is 72.8 Å². The molecule has 0 saturated carbocycles. The minimum atomic E-state index is 0.0977. The van der Waals surface area contributed by atoms with Crippen molar-refractivity contribution in [1.29, 1.82) is 0 Å². The second kappa shape index (κ2) is 8.49. The molecule has 0 saturated heterocycles. The van der Waals surface area contributed by atoms with Gasteiger partial charge in [-0.2, -0.15) is 0 Å². The van der Waals surface area contributed by atoms with E-state index in [4.69, 9.17) is 32.7 Å². The third-order valence-corrected chi connectivity index (χ3v) is 7.02. The van der Waals surface area contributed by atoms with Crippen LogP contribution in [0.1, 0.15) is 35.1 Å². The summed E-state index contributed by atoms with van der Waals surface area (Å²) in [7, 11) is 1.68. The molecule has 0 fully saturated rings. The summed E-state index contributed by atoms with van der Waals surface area (Å²) >= 11 is 12.9. The number of methoxy groups -OCH3 is 1. The summed E-state index contributed by atoms with van der Waals surface area (Å²) in [6, 6.07) is 20.3. The topological polar surface area (TPSA) is 30.5 Å². The number of rotatable bonds is 5. The van der Waals surface area contributed by atoms with Gasteiger partial charge in [0.05, 0.1) is 28.9 Å². The zero-order valence-corrected chi connectivity index (χ0v) is 18.7. The zero-order chi connectivity index (χ0) is 21.4. The van der Waals surface area contributed by atoms with Crippen molar-refractivity contribution in [2.75, 3.05) is 12.4 Å². The SMILES string of the molecule is COc1cc([C@@H]2Nc3c(ccc(Cl)c3Cl)[C@@H]3C=CC[C@@H]32)ccc1OCc1ccccc1. The van der Waals surface area contributed by atoms with Gasteiger partial charge in [-0.1, -0.05) is 77.8 Å². The predicted octanol–water partition coefficient (Wildman–Crippen LogP) is 7.41. The van der Waals surface area contributed by atoms with Gasteiger partial charge in [0.2, 0.25) is 0 Å². The Morgan fingerprint density at radius 2 is 1.84 bits per heavy atom. The highest BCUT2D eigenvalue weighted by atomic mass is 35.5. The molecule has 3 aromatic rings. The smallest absolute Gasteiger partial charge is 0.161 e. The first-order valence-corrected chi connectivity index (χ1v) is 11.2. The summed E-state index contributed by atoms with van der Waals surface area (Å²) in [6.07, 6.45) is 5.56. The van der Waals surface area contributed by atoms with Crippen molar-refractivity contribution < 1.29 is 9.47 Å². The van der Waals surface area contributed by atoms with Crippen LogP contribution in [0.25, 0.3) is 0 Å². The maximum Gasteiger partial charge on any atom is 0.161 e. The van der Waals surface area contributed by atoms with Crippen LogP contribution >= 0.6 is 23.2 Å². The van der Waals surface area contributed by atoms with Crippen molar-refractivity contribution in [1.82, 2.24) is 0 Å². The van der Waals surface area contributed by atoms with Crippen molar-refractivity contribution in [3.05, 3.63) is 99.6 Å². The van der Waals surface area contributed by atoms with Gasteiger partial charge in [-0.15, -0.1) is 0 Å². The summed E-state index contributed by atoms with van der Waals surface area (Å²) in [5, 5.41) is 4.82. The third-order valence-electron chi connectivity index (χ3n) is 6.21. The number of halogens is 2. The molecule has 2 aliphatic rings. The standard InChI is InChI=1S/C26H23Cl2NO2/c1-30-23-14-17(10-13-22(23)31-15-16-6-3-2-4-7-16)25-19-9-5-8-18(19)20-11-12-21(27)24(28)26(20)29-25/h2-8,10-14,18-19,25,29H,9,15H2,1H3/t18-,19+,25+/m1/s1. The summed E-state index contributed by atoms with van der Waals surface area (Å²) in [6.45, 7) is 0.494. The number of ether oxygens (including phenoxy) is 2. The van der Waals surface area contributed by atoms with E-state index in [9.17, 15) is 0 Å².